The SMILES string of the molecule is CCS(C)(CC(C)C)C1=CC=CC=NS1. The van der Waals surface area contributed by atoms with E-state index in [-0.39, 0.29) is 0 Å². The van der Waals surface area contributed by atoms with Gasteiger partial charge in [-0.2, -0.15) is 0 Å². The Kier molecular flexibility index (Phi) is 5.00. The molecule has 1 atom stereocenters. The van der Waals surface area contributed by atoms with Crippen LogP contribution >= 0.6 is 22.0 Å². The van der Waals surface area contributed by atoms with Crippen LogP contribution < -0.4 is 0 Å². The minimum atomic E-state index is -0.642. The molecule has 3 heteroatoms. The maximum absolute atomic E-state index is 4.33. The van der Waals surface area contributed by atoms with Gasteiger partial charge in [0.05, 0.1) is 0 Å². The second-order valence-electron chi connectivity index (χ2n) is 4.34. The highest BCUT2D eigenvalue weighted by Crippen LogP contribution is 2.58. The zero-order valence-corrected chi connectivity index (χ0v) is 11.7. The molecular weight excluding hydrogens is 222 g/mol. The molecule has 1 nitrogen and oxygen atoms in total. The van der Waals surface area contributed by atoms with Crippen LogP contribution in [0.2, 0.25) is 0 Å². The topological polar surface area (TPSA) is 12.4 Å². The second kappa shape index (κ2) is 5.80. The van der Waals surface area contributed by atoms with Crippen LogP contribution in [0.15, 0.2) is 26.9 Å². The van der Waals surface area contributed by atoms with Crippen molar-refractivity contribution in [2.75, 3.05) is 17.8 Å². The van der Waals surface area contributed by atoms with E-state index in [0.29, 0.717) is 0 Å². The molecule has 0 aromatic heterocycles. The average Bonchev–Trinajstić information content (AvgIpc) is 2.44. The van der Waals surface area contributed by atoms with E-state index in [0.717, 1.165) is 5.92 Å². The van der Waals surface area contributed by atoms with E-state index in [1.165, 1.54) is 15.7 Å². The number of hydrogen-bond donors (Lipinski definition) is 0. The number of nitrogens with zero attached hydrogens (tertiary/aromatic N) is 1. The molecule has 0 amide bonds. The zero-order valence-electron chi connectivity index (χ0n) is 10.1. The van der Waals surface area contributed by atoms with Gasteiger partial charge in [-0.1, -0.05) is 26.8 Å². The van der Waals surface area contributed by atoms with Crippen molar-refractivity contribution in [3.05, 3.63) is 22.5 Å². The van der Waals surface area contributed by atoms with Gasteiger partial charge < -0.3 is 0 Å². The molecule has 1 rings (SSSR count). The molecule has 15 heavy (non-hydrogen) atoms. The first-order valence-electron chi connectivity index (χ1n) is 5.39. The molecule has 0 spiro atoms. The Morgan fingerprint density at radius 3 is 2.73 bits per heavy atom. The van der Waals surface area contributed by atoms with E-state index >= 15 is 0 Å². The first-order chi connectivity index (χ1) is 7.08. The first-order valence-corrected chi connectivity index (χ1v) is 8.55. The molecule has 0 aliphatic carbocycles. The van der Waals surface area contributed by atoms with E-state index in [2.05, 4.69) is 43.6 Å². The van der Waals surface area contributed by atoms with Gasteiger partial charge in [0.2, 0.25) is 0 Å². The standard InChI is InChI=1S/C12H21NS2/c1-5-15(4,10-11(2)3)12-8-6-7-9-13-14-12/h6-9,11H,5,10H2,1-4H3. The summed E-state index contributed by atoms with van der Waals surface area (Å²) in [5, 5.41) is 0. The molecule has 86 valence electrons. The fraction of sp³-hybridized carbons (Fsp3) is 0.583. The first kappa shape index (κ1) is 12.9. The predicted octanol–water partition coefficient (Wildman–Crippen LogP) is 4.23. The second-order valence-corrected chi connectivity index (χ2v) is 9.33. The molecule has 1 unspecified atom stereocenters. The molecule has 0 aromatic carbocycles. The molecule has 0 fully saturated rings. The van der Waals surface area contributed by atoms with Crippen LogP contribution in [-0.2, 0) is 0 Å². The van der Waals surface area contributed by atoms with Crippen molar-refractivity contribution < 1.29 is 0 Å². The molecule has 1 aliphatic heterocycles. The summed E-state index contributed by atoms with van der Waals surface area (Å²) in [6.07, 6.45) is 10.7. The Hall–Kier alpha value is -0.150. The van der Waals surface area contributed by atoms with Crippen LogP contribution in [0.1, 0.15) is 20.8 Å². The minimum absolute atomic E-state index is 0.642. The van der Waals surface area contributed by atoms with Crippen LogP contribution in [0, 0.1) is 5.92 Å². The maximum atomic E-state index is 4.33. The van der Waals surface area contributed by atoms with Crippen molar-refractivity contribution in [3.8, 4) is 0 Å². The fourth-order valence-electron chi connectivity index (χ4n) is 1.66. The lowest BCUT2D eigenvalue weighted by molar-refractivity contribution is 0.746. The van der Waals surface area contributed by atoms with E-state index in [1.807, 2.05) is 12.3 Å². The zero-order chi connectivity index (χ0) is 11.3. The van der Waals surface area contributed by atoms with Crippen molar-refractivity contribution in [1.29, 1.82) is 0 Å². The third-order valence-corrected chi connectivity index (χ3v) is 8.22. The third kappa shape index (κ3) is 3.72. The molecule has 0 aromatic rings. The molecule has 0 saturated heterocycles. The summed E-state index contributed by atoms with van der Waals surface area (Å²) in [5.41, 5.74) is 0. The molecular formula is C12H21NS2. The summed E-state index contributed by atoms with van der Waals surface area (Å²) >= 11 is 1.66. The third-order valence-electron chi connectivity index (χ3n) is 2.46. The monoisotopic (exact) mass is 243 g/mol. The van der Waals surface area contributed by atoms with Crippen molar-refractivity contribution >= 4 is 28.2 Å². The van der Waals surface area contributed by atoms with E-state index in [4.69, 9.17) is 0 Å². The normalized spacial score (nSPS) is 22.1. The van der Waals surface area contributed by atoms with Gasteiger partial charge in [-0.15, -0.1) is 0 Å². The largest absolute Gasteiger partial charge is 0.219 e. The molecule has 1 aliphatic rings. The summed E-state index contributed by atoms with van der Waals surface area (Å²) in [4.78, 5) is 0. The predicted molar refractivity (Wildman–Crippen MR) is 77.1 cm³/mol. The lowest BCUT2D eigenvalue weighted by atomic mass is 10.3. The molecule has 0 saturated carbocycles. The highest BCUT2D eigenvalue weighted by atomic mass is 32.3. The highest BCUT2D eigenvalue weighted by Gasteiger charge is 2.23. The van der Waals surface area contributed by atoms with Gasteiger partial charge in [0.25, 0.3) is 0 Å². The van der Waals surface area contributed by atoms with Crippen LogP contribution in [0.5, 0.6) is 0 Å². The van der Waals surface area contributed by atoms with Crippen LogP contribution in [-0.4, -0.2) is 24.0 Å². The Balaban J connectivity index is 2.85. The van der Waals surface area contributed by atoms with E-state index < -0.39 is 10.0 Å². The summed E-state index contributed by atoms with van der Waals surface area (Å²) in [5.74, 6) is 3.33. The minimum Gasteiger partial charge on any atom is -0.219 e. The average molecular weight is 243 g/mol. The van der Waals surface area contributed by atoms with Crippen molar-refractivity contribution in [2.24, 2.45) is 10.3 Å². The lowest BCUT2D eigenvalue weighted by Crippen LogP contribution is -2.11. The van der Waals surface area contributed by atoms with Crippen molar-refractivity contribution in [2.45, 2.75) is 20.8 Å². The van der Waals surface area contributed by atoms with Gasteiger partial charge >= 0.3 is 0 Å². The number of allylic oxidation sites excluding steroid dienone is 3. The quantitative estimate of drug-likeness (QED) is 0.673. The van der Waals surface area contributed by atoms with Crippen LogP contribution in [0.4, 0.5) is 0 Å². The van der Waals surface area contributed by atoms with Crippen LogP contribution in [0.25, 0.3) is 0 Å². The van der Waals surface area contributed by atoms with Crippen molar-refractivity contribution in [3.63, 3.8) is 0 Å². The van der Waals surface area contributed by atoms with E-state index in [1.54, 1.807) is 11.9 Å². The van der Waals surface area contributed by atoms with Gasteiger partial charge in [-0.3, -0.25) is 0 Å². The Labute approximate surface area is 99.6 Å². The fourth-order valence-corrected chi connectivity index (χ4v) is 6.01. The smallest absolute Gasteiger partial charge is 0.0462 e. The van der Waals surface area contributed by atoms with Gasteiger partial charge in [-0.25, -0.2) is 14.4 Å². The summed E-state index contributed by atoms with van der Waals surface area (Å²) in [6, 6.07) is 0. The van der Waals surface area contributed by atoms with Crippen LogP contribution in [0.3, 0.4) is 0 Å². The number of hydrogen-bond acceptors (Lipinski definition) is 2. The molecule has 0 radical (unpaired) electrons. The summed E-state index contributed by atoms with van der Waals surface area (Å²) < 4.78 is 5.81. The maximum Gasteiger partial charge on any atom is 0.0462 e. The molecule has 1 heterocycles. The van der Waals surface area contributed by atoms with Gasteiger partial charge in [-0.05, 0) is 35.8 Å². The Morgan fingerprint density at radius 1 is 1.40 bits per heavy atom. The lowest BCUT2D eigenvalue weighted by Gasteiger charge is -2.37. The van der Waals surface area contributed by atoms with Gasteiger partial charge in [0.15, 0.2) is 0 Å². The van der Waals surface area contributed by atoms with E-state index in [9.17, 15) is 0 Å². The molecule has 0 N–H and O–H groups in total. The highest BCUT2D eigenvalue weighted by molar-refractivity contribution is 8.43. The number of rotatable bonds is 4. The molecule has 0 bridgehead atoms. The van der Waals surface area contributed by atoms with Gasteiger partial charge in [0.1, 0.15) is 0 Å². The Morgan fingerprint density at radius 2 is 2.13 bits per heavy atom. The van der Waals surface area contributed by atoms with Crippen molar-refractivity contribution in [1.82, 2.24) is 0 Å². The Bertz CT molecular complexity index is 292. The van der Waals surface area contributed by atoms with Gasteiger partial charge in [0, 0.05) is 22.4 Å². The summed E-state index contributed by atoms with van der Waals surface area (Å²) in [6.45, 7) is 6.92. The summed E-state index contributed by atoms with van der Waals surface area (Å²) in [7, 11) is -0.642.